The molecule has 0 spiro atoms. The van der Waals surface area contributed by atoms with Crippen LogP contribution < -0.4 is 15.0 Å². The summed E-state index contributed by atoms with van der Waals surface area (Å²) in [4.78, 5) is 14.5. The summed E-state index contributed by atoms with van der Waals surface area (Å²) < 4.78 is 5.82. The molecule has 5 heteroatoms. The Morgan fingerprint density at radius 3 is 2.83 bits per heavy atom. The topological polar surface area (TPSA) is 41.6 Å². The molecule has 1 heterocycles. The predicted molar refractivity (Wildman–Crippen MR) is 93.8 cm³/mol. The molecule has 0 unspecified atom stereocenters. The Kier molecular flexibility index (Phi) is 4.18. The first-order chi connectivity index (χ1) is 10.9. The van der Waals surface area contributed by atoms with Crippen molar-refractivity contribution in [2.24, 2.45) is 0 Å². The number of carbonyl (C=O) groups is 1. The van der Waals surface area contributed by atoms with Crippen LogP contribution in [-0.4, -0.2) is 18.7 Å². The van der Waals surface area contributed by atoms with E-state index in [9.17, 15) is 4.79 Å². The first kappa shape index (κ1) is 15.7. The molecule has 0 fully saturated rings. The standard InChI is InChI=1S/C18H19ClN2O2/c1-11-4-7-17-16(8-11)21(10-13(3)23-17)18(22)20-15-9-14(19)6-5-12(15)2/h4-9,13H,10H2,1-3H3,(H,20,22)/t13-/m1/s1. The van der Waals surface area contributed by atoms with E-state index in [4.69, 9.17) is 16.3 Å². The summed E-state index contributed by atoms with van der Waals surface area (Å²) >= 11 is 6.03. The minimum Gasteiger partial charge on any atom is -0.487 e. The van der Waals surface area contributed by atoms with E-state index in [0.717, 1.165) is 28.3 Å². The molecule has 1 N–H and O–H groups in total. The van der Waals surface area contributed by atoms with Crippen molar-refractivity contribution in [1.82, 2.24) is 0 Å². The Hall–Kier alpha value is -2.20. The Balaban J connectivity index is 1.91. The molecule has 1 aliphatic heterocycles. The minimum absolute atomic E-state index is 0.0589. The second kappa shape index (κ2) is 6.13. The Bertz CT molecular complexity index is 761. The number of benzene rings is 2. The molecule has 0 aromatic heterocycles. The van der Waals surface area contributed by atoms with Gasteiger partial charge in [0.05, 0.1) is 12.2 Å². The molecule has 1 aliphatic rings. The van der Waals surface area contributed by atoms with Crippen molar-refractivity contribution < 1.29 is 9.53 Å². The van der Waals surface area contributed by atoms with E-state index in [0.29, 0.717) is 11.6 Å². The monoisotopic (exact) mass is 330 g/mol. The fourth-order valence-corrected chi connectivity index (χ4v) is 2.82. The van der Waals surface area contributed by atoms with Gasteiger partial charge in [-0.1, -0.05) is 23.7 Å². The van der Waals surface area contributed by atoms with Gasteiger partial charge in [-0.25, -0.2) is 4.79 Å². The van der Waals surface area contributed by atoms with Crippen molar-refractivity contribution in [2.75, 3.05) is 16.8 Å². The molecule has 0 aliphatic carbocycles. The van der Waals surface area contributed by atoms with Gasteiger partial charge in [-0.15, -0.1) is 0 Å². The quantitative estimate of drug-likeness (QED) is 0.817. The van der Waals surface area contributed by atoms with E-state index in [-0.39, 0.29) is 12.1 Å². The van der Waals surface area contributed by atoms with Crippen LogP contribution in [0.2, 0.25) is 5.02 Å². The van der Waals surface area contributed by atoms with Gasteiger partial charge in [0.25, 0.3) is 0 Å². The zero-order chi connectivity index (χ0) is 16.6. The fraction of sp³-hybridized carbons (Fsp3) is 0.278. The number of fused-ring (bicyclic) bond motifs is 1. The van der Waals surface area contributed by atoms with Crippen molar-refractivity contribution in [1.29, 1.82) is 0 Å². The van der Waals surface area contributed by atoms with Gasteiger partial charge in [-0.3, -0.25) is 4.90 Å². The van der Waals surface area contributed by atoms with E-state index in [2.05, 4.69) is 5.32 Å². The first-order valence-electron chi connectivity index (χ1n) is 7.56. The summed E-state index contributed by atoms with van der Waals surface area (Å²) in [5.74, 6) is 0.729. The van der Waals surface area contributed by atoms with Gasteiger partial charge in [0.2, 0.25) is 0 Å². The first-order valence-corrected chi connectivity index (χ1v) is 7.94. The molecule has 23 heavy (non-hydrogen) atoms. The van der Waals surface area contributed by atoms with Crippen LogP contribution in [0.15, 0.2) is 36.4 Å². The second-order valence-electron chi connectivity index (χ2n) is 5.90. The number of ether oxygens (including phenoxy) is 1. The lowest BCUT2D eigenvalue weighted by Crippen LogP contribution is -2.44. The van der Waals surface area contributed by atoms with Crippen LogP contribution in [0.1, 0.15) is 18.1 Å². The summed E-state index contributed by atoms with van der Waals surface area (Å²) in [5.41, 5.74) is 3.56. The summed E-state index contributed by atoms with van der Waals surface area (Å²) in [7, 11) is 0. The highest BCUT2D eigenvalue weighted by molar-refractivity contribution is 6.31. The molecule has 0 radical (unpaired) electrons. The Morgan fingerprint density at radius 2 is 2.04 bits per heavy atom. The van der Waals surface area contributed by atoms with Gasteiger partial charge in [-0.2, -0.15) is 0 Å². The summed E-state index contributed by atoms with van der Waals surface area (Å²) in [6, 6.07) is 11.1. The number of nitrogens with zero attached hydrogens (tertiary/aromatic N) is 1. The van der Waals surface area contributed by atoms with Crippen LogP contribution in [0.3, 0.4) is 0 Å². The third-order valence-electron chi connectivity index (χ3n) is 3.86. The van der Waals surface area contributed by atoms with E-state index in [1.807, 2.05) is 51.1 Å². The molecule has 1 atom stereocenters. The summed E-state index contributed by atoms with van der Waals surface area (Å²) in [6.07, 6.45) is -0.0589. The van der Waals surface area contributed by atoms with Crippen molar-refractivity contribution >= 4 is 29.0 Å². The molecule has 3 rings (SSSR count). The highest BCUT2D eigenvalue weighted by Gasteiger charge is 2.28. The van der Waals surface area contributed by atoms with E-state index < -0.39 is 0 Å². The molecular weight excluding hydrogens is 312 g/mol. The lowest BCUT2D eigenvalue weighted by molar-refractivity contribution is 0.208. The van der Waals surface area contributed by atoms with Crippen LogP contribution in [0.4, 0.5) is 16.2 Å². The van der Waals surface area contributed by atoms with Gasteiger partial charge in [0.1, 0.15) is 11.9 Å². The van der Waals surface area contributed by atoms with E-state index in [1.54, 1.807) is 11.0 Å². The van der Waals surface area contributed by atoms with Crippen LogP contribution >= 0.6 is 11.6 Å². The van der Waals surface area contributed by atoms with Crippen molar-refractivity contribution in [3.05, 3.63) is 52.5 Å². The van der Waals surface area contributed by atoms with Gasteiger partial charge >= 0.3 is 6.03 Å². The van der Waals surface area contributed by atoms with Crippen molar-refractivity contribution in [3.8, 4) is 5.75 Å². The van der Waals surface area contributed by atoms with Gasteiger partial charge in [0, 0.05) is 10.7 Å². The van der Waals surface area contributed by atoms with Crippen molar-refractivity contribution in [2.45, 2.75) is 26.9 Å². The number of hydrogen-bond donors (Lipinski definition) is 1. The van der Waals surface area contributed by atoms with Crippen LogP contribution in [0.25, 0.3) is 0 Å². The molecule has 2 aromatic rings. The predicted octanol–water partition coefficient (Wildman–Crippen LogP) is 4.78. The van der Waals surface area contributed by atoms with Crippen LogP contribution in [0.5, 0.6) is 5.75 Å². The van der Waals surface area contributed by atoms with Gasteiger partial charge in [0.15, 0.2) is 0 Å². The Morgan fingerprint density at radius 1 is 1.26 bits per heavy atom. The lowest BCUT2D eigenvalue weighted by Gasteiger charge is -2.33. The number of anilines is 2. The zero-order valence-corrected chi connectivity index (χ0v) is 14.1. The highest BCUT2D eigenvalue weighted by Crippen LogP contribution is 2.34. The minimum atomic E-state index is -0.183. The van der Waals surface area contributed by atoms with Crippen LogP contribution in [0, 0.1) is 13.8 Å². The maximum absolute atomic E-state index is 12.8. The maximum Gasteiger partial charge on any atom is 0.326 e. The summed E-state index contributed by atoms with van der Waals surface area (Å²) in [6.45, 7) is 6.39. The average molecular weight is 331 g/mol. The normalized spacial score (nSPS) is 16.5. The van der Waals surface area contributed by atoms with E-state index in [1.165, 1.54) is 0 Å². The largest absolute Gasteiger partial charge is 0.487 e. The number of amides is 2. The lowest BCUT2D eigenvalue weighted by atomic mass is 10.1. The second-order valence-corrected chi connectivity index (χ2v) is 6.34. The number of halogens is 1. The molecule has 120 valence electrons. The number of hydrogen-bond acceptors (Lipinski definition) is 2. The molecule has 0 saturated heterocycles. The number of urea groups is 1. The zero-order valence-electron chi connectivity index (χ0n) is 13.4. The molecular formula is C18H19ClN2O2. The SMILES string of the molecule is Cc1ccc2c(c1)N(C(=O)Nc1cc(Cl)ccc1C)C[C@@H](C)O2. The third-order valence-corrected chi connectivity index (χ3v) is 4.09. The van der Waals surface area contributed by atoms with Gasteiger partial charge < -0.3 is 10.1 Å². The highest BCUT2D eigenvalue weighted by atomic mass is 35.5. The number of carbonyl (C=O) groups excluding carboxylic acids is 1. The van der Waals surface area contributed by atoms with Crippen molar-refractivity contribution in [3.63, 3.8) is 0 Å². The maximum atomic E-state index is 12.8. The molecule has 2 amide bonds. The number of nitrogens with one attached hydrogen (secondary N) is 1. The van der Waals surface area contributed by atoms with Gasteiger partial charge in [-0.05, 0) is 56.2 Å². The Labute approximate surface area is 141 Å². The molecule has 4 nitrogen and oxygen atoms in total. The molecule has 2 aromatic carbocycles. The average Bonchev–Trinajstić information content (AvgIpc) is 2.50. The smallest absolute Gasteiger partial charge is 0.326 e. The fourth-order valence-electron chi connectivity index (χ4n) is 2.65. The summed E-state index contributed by atoms with van der Waals surface area (Å²) in [5, 5.41) is 3.54. The third kappa shape index (κ3) is 3.27. The van der Waals surface area contributed by atoms with E-state index >= 15 is 0 Å². The molecule has 0 saturated carbocycles. The number of rotatable bonds is 1. The van der Waals surface area contributed by atoms with Crippen LogP contribution in [-0.2, 0) is 0 Å². The number of aryl methyl sites for hydroxylation is 2. The molecule has 0 bridgehead atoms.